The molecule has 0 aliphatic carbocycles. The van der Waals surface area contributed by atoms with Gasteiger partial charge in [-0.05, 0) is 47.4 Å². The van der Waals surface area contributed by atoms with Crippen molar-refractivity contribution in [3.8, 4) is 0 Å². The number of halogens is 1. The summed E-state index contributed by atoms with van der Waals surface area (Å²) in [6.07, 6.45) is 8.19. The lowest BCUT2D eigenvalue weighted by atomic mass is 9.73. The van der Waals surface area contributed by atoms with Gasteiger partial charge >= 0.3 is 0 Å². The van der Waals surface area contributed by atoms with E-state index < -0.39 is 5.41 Å². The molecule has 0 radical (unpaired) electrons. The van der Waals surface area contributed by atoms with Crippen LogP contribution in [-0.4, -0.2) is 45.3 Å². The zero-order chi connectivity index (χ0) is 21.3. The first-order chi connectivity index (χ1) is 15.1. The van der Waals surface area contributed by atoms with E-state index in [1.54, 1.807) is 12.4 Å². The van der Waals surface area contributed by atoms with Crippen molar-refractivity contribution < 1.29 is 4.79 Å². The molecule has 2 aliphatic rings. The van der Waals surface area contributed by atoms with Crippen molar-refractivity contribution in [1.29, 1.82) is 0 Å². The molecule has 3 aromatic rings. The lowest BCUT2D eigenvalue weighted by molar-refractivity contribution is -0.136. The quantitative estimate of drug-likeness (QED) is 0.607. The standard InChI is InChI=1S/C25H25ClN4O/c26-22-7-5-19(6-8-22)15-29-17-23(21-4-2-11-28-14-21)25(18-29)9-12-30(24(25)31)16-20-3-1-10-27-13-20/h1-8,10-11,13-14,23H,9,12,15-18H2/t23-,25+/m0/s1. The van der Waals surface area contributed by atoms with E-state index in [-0.39, 0.29) is 11.8 Å². The minimum absolute atomic E-state index is 0.139. The third kappa shape index (κ3) is 3.95. The molecule has 6 heteroatoms. The molecular formula is C25H25ClN4O. The number of benzene rings is 1. The molecule has 1 aromatic carbocycles. The van der Waals surface area contributed by atoms with Gasteiger partial charge in [-0.25, -0.2) is 0 Å². The highest BCUT2D eigenvalue weighted by atomic mass is 35.5. The maximum absolute atomic E-state index is 13.8. The number of aromatic nitrogens is 2. The Morgan fingerprint density at radius 1 is 0.968 bits per heavy atom. The Labute approximate surface area is 187 Å². The van der Waals surface area contributed by atoms with Crippen molar-refractivity contribution in [2.45, 2.75) is 25.4 Å². The summed E-state index contributed by atoms with van der Waals surface area (Å²) >= 11 is 6.06. The van der Waals surface area contributed by atoms with Crippen molar-refractivity contribution in [3.05, 3.63) is 95.0 Å². The van der Waals surface area contributed by atoms with Crippen LogP contribution in [0.4, 0.5) is 0 Å². The zero-order valence-electron chi connectivity index (χ0n) is 17.3. The Balaban J connectivity index is 1.41. The smallest absolute Gasteiger partial charge is 0.231 e. The van der Waals surface area contributed by atoms with Crippen LogP contribution < -0.4 is 0 Å². The van der Waals surface area contributed by atoms with E-state index in [1.165, 1.54) is 5.56 Å². The van der Waals surface area contributed by atoms with Gasteiger partial charge in [0.25, 0.3) is 0 Å². The maximum atomic E-state index is 13.8. The van der Waals surface area contributed by atoms with Crippen LogP contribution in [0.5, 0.6) is 0 Å². The third-order valence-corrected chi connectivity index (χ3v) is 6.91. The van der Waals surface area contributed by atoms with Crippen LogP contribution in [0.1, 0.15) is 29.0 Å². The van der Waals surface area contributed by atoms with Crippen molar-refractivity contribution in [2.75, 3.05) is 19.6 Å². The molecule has 2 saturated heterocycles. The first-order valence-electron chi connectivity index (χ1n) is 10.7. The summed E-state index contributed by atoms with van der Waals surface area (Å²) in [6.45, 7) is 3.81. The summed E-state index contributed by atoms with van der Waals surface area (Å²) in [5.74, 6) is 0.392. The Kier molecular flexibility index (Phi) is 5.47. The Hall–Kier alpha value is -2.76. The maximum Gasteiger partial charge on any atom is 0.231 e. The van der Waals surface area contributed by atoms with E-state index in [1.807, 2.05) is 47.6 Å². The number of amides is 1. The molecule has 5 rings (SSSR count). The molecule has 31 heavy (non-hydrogen) atoms. The van der Waals surface area contributed by atoms with Crippen LogP contribution in [0.25, 0.3) is 0 Å². The molecule has 1 amide bonds. The van der Waals surface area contributed by atoms with Gasteiger partial charge in [-0.1, -0.05) is 35.9 Å². The Morgan fingerprint density at radius 3 is 2.45 bits per heavy atom. The van der Waals surface area contributed by atoms with Gasteiger partial charge in [0.2, 0.25) is 5.91 Å². The van der Waals surface area contributed by atoms with E-state index in [0.717, 1.165) is 48.7 Å². The van der Waals surface area contributed by atoms with Crippen LogP contribution in [0.2, 0.25) is 5.02 Å². The Morgan fingerprint density at radius 2 is 1.74 bits per heavy atom. The van der Waals surface area contributed by atoms with Crippen molar-refractivity contribution >= 4 is 17.5 Å². The molecule has 158 valence electrons. The largest absolute Gasteiger partial charge is 0.338 e. The van der Waals surface area contributed by atoms with Gasteiger partial charge in [-0.2, -0.15) is 0 Å². The Bertz CT molecular complexity index is 1040. The van der Waals surface area contributed by atoms with Gasteiger partial charge in [0.05, 0.1) is 5.41 Å². The predicted octanol–water partition coefficient (Wildman–Crippen LogP) is 4.15. The van der Waals surface area contributed by atoms with Crippen LogP contribution in [-0.2, 0) is 17.9 Å². The van der Waals surface area contributed by atoms with Crippen molar-refractivity contribution in [2.24, 2.45) is 5.41 Å². The SMILES string of the molecule is O=C1N(Cc2cccnc2)CC[C@]12CN(Cc1ccc(Cl)cc1)C[C@H]2c1cccnc1. The molecule has 4 heterocycles. The summed E-state index contributed by atoms with van der Waals surface area (Å²) in [6, 6.07) is 16.0. The summed E-state index contributed by atoms with van der Waals surface area (Å²) in [4.78, 5) is 26.8. The van der Waals surface area contributed by atoms with Crippen molar-refractivity contribution in [3.63, 3.8) is 0 Å². The molecule has 0 N–H and O–H groups in total. The molecule has 2 aromatic heterocycles. The van der Waals surface area contributed by atoms with Gasteiger partial charge in [0.1, 0.15) is 0 Å². The second-order valence-electron chi connectivity index (χ2n) is 8.63. The second-order valence-corrected chi connectivity index (χ2v) is 9.07. The van der Waals surface area contributed by atoms with Crippen LogP contribution in [0.3, 0.4) is 0 Å². The van der Waals surface area contributed by atoms with Gasteiger partial charge in [0.15, 0.2) is 0 Å². The lowest BCUT2D eigenvalue weighted by Gasteiger charge is -2.29. The fraction of sp³-hybridized carbons (Fsp3) is 0.320. The zero-order valence-corrected chi connectivity index (χ0v) is 18.1. The number of hydrogen-bond donors (Lipinski definition) is 0. The first-order valence-corrected chi connectivity index (χ1v) is 11.1. The number of nitrogens with zero attached hydrogens (tertiary/aromatic N) is 4. The number of carbonyl (C=O) groups excluding carboxylic acids is 1. The fourth-order valence-electron chi connectivity index (χ4n) is 5.17. The molecule has 1 spiro atoms. The van der Waals surface area contributed by atoms with Gasteiger partial charge in [-0.15, -0.1) is 0 Å². The number of hydrogen-bond acceptors (Lipinski definition) is 4. The third-order valence-electron chi connectivity index (χ3n) is 6.66. The average molecular weight is 433 g/mol. The fourth-order valence-corrected chi connectivity index (χ4v) is 5.30. The predicted molar refractivity (Wildman–Crippen MR) is 120 cm³/mol. The van der Waals surface area contributed by atoms with E-state index in [4.69, 9.17) is 11.6 Å². The molecule has 0 saturated carbocycles. The highest BCUT2D eigenvalue weighted by Crippen LogP contribution is 2.50. The number of carbonyl (C=O) groups is 1. The summed E-state index contributed by atoms with van der Waals surface area (Å²) in [5, 5.41) is 0.742. The second kappa shape index (κ2) is 8.40. The van der Waals surface area contributed by atoms with E-state index in [9.17, 15) is 4.79 Å². The van der Waals surface area contributed by atoms with Crippen molar-refractivity contribution in [1.82, 2.24) is 19.8 Å². The minimum Gasteiger partial charge on any atom is -0.338 e. The van der Waals surface area contributed by atoms with Gasteiger partial charge in [-0.3, -0.25) is 19.7 Å². The van der Waals surface area contributed by atoms with Gasteiger partial charge in [0, 0.05) is 68.5 Å². The van der Waals surface area contributed by atoms with E-state index >= 15 is 0 Å². The van der Waals surface area contributed by atoms with Crippen LogP contribution in [0, 0.1) is 5.41 Å². The molecule has 2 aliphatic heterocycles. The van der Waals surface area contributed by atoms with Crippen LogP contribution >= 0.6 is 11.6 Å². The monoisotopic (exact) mass is 432 g/mol. The van der Waals surface area contributed by atoms with E-state index in [2.05, 4.69) is 33.1 Å². The highest BCUT2D eigenvalue weighted by molar-refractivity contribution is 6.30. The van der Waals surface area contributed by atoms with Gasteiger partial charge < -0.3 is 4.90 Å². The van der Waals surface area contributed by atoms with Crippen LogP contribution in [0.15, 0.2) is 73.3 Å². The molecule has 0 unspecified atom stereocenters. The number of pyridine rings is 2. The normalized spacial score (nSPS) is 23.7. The molecule has 2 fully saturated rings. The first kappa shape index (κ1) is 20.2. The lowest BCUT2D eigenvalue weighted by Crippen LogP contribution is -2.39. The summed E-state index contributed by atoms with van der Waals surface area (Å²) in [5.41, 5.74) is 3.03. The molecule has 0 bridgehead atoms. The average Bonchev–Trinajstić information content (AvgIpc) is 3.32. The number of rotatable bonds is 5. The highest BCUT2D eigenvalue weighted by Gasteiger charge is 2.56. The topological polar surface area (TPSA) is 49.3 Å². The summed E-state index contributed by atoms with van der Waals surface area (Å²) in [7, 11) is 0. The molecule has 2 atom stereocenters. The molecular weight excluding hydrogens is 408 g/mol. The number of likely N-dealkylation sites (tertiary alicyclic amines) is 2. The van der Waals surface area contributed by atoms with E-state index in [0.29, 0.717) is 6.54 Å². The molecule has 5 nitrogen and oxygen atoms in total. The minimum atomic E-state index is -0.405. The summed E-state index contributed by atoms with van der Waals surface area (Å²) < 4.78 is 0.